The van der Waals surface area contributed by atoms with Gasteiger partial charge in [-0.05, 0) is 51.0 Å². The van der Waals surface area contributed by atoms with Crippen molar-refractivity contribution in [3.8, 4) is 0 Å². The first-order chi connectivity index (χ1) is 10.8. The maximum Gasteiger partial charge on any atom is 0.305 e. The summed E-state index contributed by atoms with van der Waals surface area (Å²) in [5, 5.41) is 0. The third-order valence-corrected chi connectivity index (χ3v) is 4.33. The van der Waals surface area contributed by atoms with Crippen LogP contribution in [0, 0.1) is 0 Å². The number of methoxy groups -OCH3 is 1. The van der Waals surface area contributed by atoms with E-state index >= 15 is 0 Å². The number of carbonyl (C=O) groups is 1. The topological polar surface area (TPSA) is 55.6 Å². The fourth-order valence-electron chi connectivity index (χ4n) is 3.02. The Balaban J connectivity index is 1.50. The summed E-state index contributed by atoms with van der Waals surface area (Å²) in [5.41, 5.74) is 1.82. The Morgan fingerprint density at radius 1 is 1.36 bits per heavy atom. The highest BCUT2D eigenvalue weighted by Gasteiger charge is 2.24. The molecule has 5 nitrogen and oxygen atoms in total. The van der Waals surface area contributed by atoms with Crippen molar-refractivity contribution in [2.24, 2.45) is 0 Å². The van der Waals surface area contributed by atoms with Gasteiger partial charge in [-0.1, -0.05) is 12.1 Å². The number of likely N-dealkylation sites (tertiary alicyclic amines) is 1. The van der Waals surface area contributed by atoms with Crippen LogP contribution in [0.3, 0.4) is 0 Å². The molecule has 0 spiro atoms. The van der Waals surface area contributed by atoms with Gasteiger partial charge < -0.3 is 14.1 Å². The van der Waals surface area contributed by atoms with E-state index in [4.69, 9.17) is 4.42 Å². The van der Waals surface area contributed by atoms with E-state index in [1.54, 1.807) is 0 Å². The van der Waals surface area contributed by atoms with Crippen LogP contribution in [0.1, 0.15) is 37.5 Å². The van der Waals surface area contributed by atoms with Crippen LogP contribution in [0.2, 0.25) is 0 Å². The van der Waals surface area contributed by atoms with E-state index in [0.717, 1.165) is 55.9 Å². The van der Waals surface area contributed by atoms with E-state index in [0.29, 0.717) is 12.3 Å². The minimum Gasteiger partial charge on any atom is -0.469 e. The lowest BCUT2D eigenvalue weighted by Crippen LogP contribution is -2.34. The van der Waals surface area contributed by atoms with Crippen molar-refractivity contribution < 1.29 is 13.9 Å². The maximum absolute atomic E-state index is 11.1. The number of esters is 1. The number of piperidine rings is 1. The van der Waals surface area contributed by atoms with E-state index in [9.17, 15) is 4.79 Å². The fraction of sp³-hybridized carbons (Fsp3) is 0.529. The lowest BCUT2D eigenvalue weighted by atomic mass is 9.96. The number of hydrogen-bond donors (Lipinski definition) is 0. The quantitative estimate of drug-likeness (QED) is 0.795. The molecule has 118 valence electrons. The van der Waals surface area contributed by atoms with Crippen molar-refractivity contribution in [3.05, 3.63) is 30.2 Å². The van der Waals surface area contributed by atoms with Crippen molar-refractivity contribution in [1.29, 1.82) is 0 Å². The molecule has 0 radical (unpaired) electrons. The molecule has 1 aliphatic rings. The molecule has 0 aliphatic carbocycles. The predicted molar refractivity (Wildman–Crippen MR) is 83.7 cm³/mol. The second kappa shape index (κ2) is 6.92. The van der Waals surface area contributed by atoms with Crippen molar-refractivity contribution in [2.45, 2.75) is 31.6 Å². The summed E-state index contributed by atoms with van der Waals surface area (Å²) in [4.78, 5) is 18.1. The van der Waals surface area contributed by atoms with Crippen LogP contribution in [0.15, 0.2) is 28.7 Å². The molecular weight excluding hydrogens is 280 g/mol. The minimum absolute atomic E-state index is 0.124. The van der Waals surface area contributed by atoms with Crippen LogP contribution in [0.4, 0.5) is 0 Å². The van der Waals surface area contributed by atoms with Crippen molar-refractivity contribution in [1.82, 2.24) is 9.88 Å². The van der Waals surface area contributed by atoms with Crippen molar-refractivity contribution in [2.75, 3.05) is 26.7 Å². The van der Waals surface area contributed by atoms with Gasteiger partial charge in [0.2, 0.25) is 0 Å². The molecule has 2 heterocycles. The molecular formula is C17H22N2O3. The van der Waals surface area contributed by atoms with Crippen LogP contribution in [-0.4, -0.2) is 42.6 Å². The monoisotopic (exact) mass is 302 g/mol. The number of hydrogen-bond acceptors (Lipinski definition) is 5. The smallest absolute Gasteiger partial charge is 0.305 e. The van der Waals surface area contributed by atoms with Gasteiger partial charge in [0.15, 0.2) is 11.5 Å². The summed E-state index contributed by atoms with van der Waals surface area (Å²) in [5.74, 6) is 1.15. The molecule has 1 aromatic carbocycles. The summed E-state index contributed by atoms with van der Waals surface area (Å²) in [6.07, 6.45) is 3.48. The molecule has 5 heteroatoms. The van der Waals surface area contributed by atoms with Crippen LogP contribution < -0.4 is 0 Å². The van der Waals surface area contributed by atoms with Crippen molar-refractivity contribution >= 4 is 17.1 Å². The third-order valence-electron chi connectivity index (χ3n) is 4.33. The van der Waals surface area contributed by atoms with E-state index in [-0.39, 0.29) is 5.97 Å². The summed E-state index contributed by atoms with van der Waals surface area (Å²) in [6.45, 7) is 3.02. The van der Waals surface area contributed by atoms with Gasteiger partial charge in [0, 0.05) is 12.3 Å². The molecule has 2 aromatic rings. The van der Waals surface area contributed by atoms with Gasteiger partial charge in [-0.15, -0.1) is 0 Å². The Hall–Kier alpha value is -1.88. The Morgan fingerprint density at radius 3 is 2.86 bits per heavy atom. The van der Waals surface area contributed by atoms with Crippen LogP contribution in [0.25, 0.3) is 11.1 Å². The number of aromatic nitrogens is 1. The second-order valence-corrected chi connectivity index (χ2v) is 5.82. The number of nitrogens with zero attached hydrogens (tertiary/aromatic N) is 2. The van der Waals surface area contributed by atoms with Gasteiger partial charge in [0.1, 0.15) is 5.52 Å². The van der Waals surface area contributed by atoms with Gasteiger partial charge >= 0.3 is 5.97 Å². The Kier molecular flexibility index (Phi) is 4.73. The Labute approximate surface area is 130 Å². The molecule has 0 N–H and O–H groups in total. The predicted octanol–water partition coefficient (Wildman–Crippen LogP) is 2.96. The van der Waals surface area contributed by atoms with Gasteiger partial charge in [0.05, 0.1) is 7.11 Å². The average Bonchev–Trinajstić information content (AvgIpc) is 2.99. The number of para-hydroxylation sites is 2. The lowest BCUT2D eigenvalue weighted by Gasteiger charge is -2.30. The van der Waals surface area contributed by atoms with E-state index < -0.39 is 0 Å². The van der Waals surface area contributed by atoms with E-state index in [2.05, 4.69) is 14.6 Å². The number of ether oxygens (including phenoxy) is 1. The molecule has 1 aromatic heterocycles. The number of oxazole rings is 1. The molecule has 1 fully saturated rings. The molecule has 0 unspecified atom stereocenters. The fourth-order valence-corrected chi connectivity index (χ4v) is 3.02. The molecule has 0 saturated carbocycles. The number of carbonyl (C=O) groups excluding carboxylic acids is 1. The minimum atomic E-state index is -0.124. The van der Waals surface area contributed by atoms with E-state index in [1.807, 2.05) is 24.3 Å². The first kappa shape index (κ1) is 15.0. The normalized spacial score (nSPS) is 17.0. The highest BCUT2D eigenvalue weighted by atomic mass is 16.5. The highest BCUT2D eigenvalue weighted by molar-refractivity contribution is 5.72. The Morgan fingerprint density at radius 2 is 2.14 bits per heavy atom. The molecule has 3 rings (SSSR count). The number of benzene rings is 1. The molecule has 1 aliphatic heterocycles. The highest BCUT2D eigenvalue weighted by Crippen LogP contribution is 2.29. The zero-order valence-electron chi connectivity index (χ0n) is 13.0. The first-order valence-electron chi connectivity index (χ1n) is 7.91. The largest absolute Gasteiger partial charge is 0.469 e. The molecule has 22 heavy (non-hydrogen) atoms. The zero-order valence-corrected chi connectivity index (χ0v) is 13.0. The third kappa shape index (κ3) is 3.47. The standard InChI is InChI=1S/C17H22N2O3/c1-21-16(20)7-4-10-19-11-8-13(9-12-19)17-18-14-5-2-3-6-15(14)22-17/h2-3,5-6,13H,4,7-12H2,1H3. The molecule has 0 amide bonds. The number of rotatable bonds is 5. The average molecular weight is 302 g/mol. The summed E-state index contributed by atoms with van der Waals surface area (Å²) in [6, 6.07) is 7.91. The molecule has 0 atom stereocenters. The summed E-state index contributed by atoms with van der Waals surface area (Å²) >= 11 is 0. The van der Waals surface area contributed by atoms with Crippen molar-refractivity contribution in [3.63, 3.8) is 0 Å². The van der Waals surface area contributed by atoms with Crippen LogP contribution in [0.5, 0.6) is 0 Å². The van der Waals surface area contributed by atoms with Gasteiger partial charge in [-0.25, -0.2) is 4.98 Å². The molecule has 0 bridgehead atoms. The summed E-state index contributed by atoms with van der Waals surface area (Å²) in [7, 11) is 1.44. The second-order valence-electron chi connectivity index (χ2n) is 5.82. The molecule has 1 saturated heterocycles. The van der Waals surface area contributed by atoms with Crippen LogP contribution in [-0.2, 0) is 9.53 Å². The zero-order chi connectivity index (χ0) is 15.4. The van der Waals surface area contributed by atoms with Crippen LogP contribution >= 0.6 is 0 Å². The number of fused-ring (bicyclic) bond motifs is 1. The SMILES string of the molecule is COC(=O)CCCN1CCC(c2nc3ccccc3o2)CC1. The first-order valence-corrected chi connectivity index (χ1v) is 7.91. The van der Waals surface area contributed by atoms with Gasteiger partial charge in [-0.2, -0.15) is 0 Å². The Bertz CT molecular complexity index is 597. The van der Waals surface area contributed by atoms with E-state index in [1.165, 1.54) is 7.11 Å². The summed E-state index contributed by atoms with van der Waals surface area (Å²) < 4.78 is 10.5. The lowest BCUT2D eigenvalue weighted by molar-refractivity contribution is -0.140. The maximum atomic E-state index is 11.1. The van der Waals surface area contributed by atoms with Gasteiger partial charge in [0.25, 0.3) is 0 Å². The van der Waals surface area contributed by atoms with Gasteiger partial charge in [-0.3, -0.25) is 4.79 Å².